The van der Waals surface area contributed by atoms with E-state index in [0.717, 1.165) is 0 Å². The highest BCUT2D eigenvalue weighted by Crippen LogP contribution is 2.20. The number of nitro benzene ring substituents is 2. The number of hydrogen-bond donors (Lipinski definition) is 1. The summed E-state index contributed by atoms with van der Waals surface area (Å²) in [6.07, 6.45) is 3.39. The van der Waals surface area contributed by atoms with Gasteiger partial charge in [0.2, 0.25) is 0 Å². The molecular formula is C19H15N3O5. The van der Waals surface area contributed by atoms with Gasteiger partial charge in [-0.05, 0) is 47.5 Å². The predicted molar refractivity (Wildman–Crippen MR) is 100 cm³/mol. The van der Waals surface area contributed by atoms with E-state index in [1.807, 2.05) is 0 Å². The normalized spacial score (nSPS) is 17.3. The van der Waals surface area contributed by atoms with Crippen molar-refractivity contribution in [1.82, 2.24) is 5.32 Å². The van der Waals surface area contributed by atoms with E-state index in [1.165, 1.54) is 24.3 Å². The van der Waals surface area contributed by atoms with Gasteiger partial charge in [0.1, 0.15) is 0 Å². The Hall–Kier alpha value is -3.65. The van der Waals surface area contributed by atoms with Crippen LogP contribution in [0.15, 0.2) is 59.7 Å². The molecule has 136 valence electrons. The fourth-order valence-corrected chi connectivity index (χ4v) is 2.72. The molecule has 0 radical (unpaired) electrons. The topological polar surface area (TPSA) is 115 Å². The fourth-order valence-electron chi connectivity index (χ4n) is 2.72. The standard InChI is InChI=1S/C19H15N3O5/c23-19-15(9-13-1-5-17(6-2-13)21(24)25)11-20-12-16(19)10-14-3-7-18(8-4-14)22(26)27/h1-10,20H,11-12H2. The second kappa shape index (κ2) is 7.71. The van der Waals surface area contributed by atoms with Crippen molar-refractivity contribution in [2.24, 2.45) is 0 Å². The van der Waals surface area contributed by atoms with E-state index in [1.54, 1.807) is 36.4 Å². The molecule has 0 amide bonds. The number of nitrogens with one attached hydrogen (secondary N) is 1. The molecule has 2 aromatic carbocycles. The number of carbonyl (C=O) groups excluding carboxylic acids is 1. The van der Waals surface area contributed by atoms with E-state index in [-0.39, 0.29) is 17.2 Å². The van der Waals surface area contributed by atoms with Gasteiger partial charge in [-0.25, -0.2) is 0 Å². The van der Waals surface area contributed by atoms with Crippen LogP contribution < -0.4 is 5.32 Å². The van der Waals surface area contributed by atoms with Crippen LogP contribution in [0.3, 0.4) is 0 Å². The molecule has 0 atom stereocenters. The molecule has 0 aliphatic carbocycles. The van der Waals surface area contributed by atoms with Gasteiger partial charge in [0.25, 0.3) is 11.4 Å². The van der Waals surface area contributed by atoms with Crippen LogP contribution in [0.1, 0.15) is 11.1 Å². The minimum Gasteiger partial charge on any atom is -0.308 e. The molecule has 1 fully saturated rings. The molecule has 0 spiro atoms. The molecule has 1 aliphatic heterocycles. The van der Waals surface area contributed by atoms with Crippen molar-refractivity contribution in [3.05, 3.63) is 91.0 Å². The van der Waals surface area contributed by atoms with Gasteiger partial charge in [0.05, 0.1) is 9.85 Å². The highest BCUT2D eigenvalue weighted by Gasteiger charge is 2.20. The number of nitro groups is 2. The lowest BCUT2D eigenvalue weighted by atomic mass is 9.95. The molecule has 1 aliphatic rings. The van der Waals surface area contributed by atoms with Crippen LogP contribution >= 0.6 is 0 Å². The van der Waals surface area contributed by atoms with Gasteiger partial charge in [0.15, 0.2) is 5.78 Å². The second-order valence-corrected chi connectivity index (χ2v) is 5.97. The van der Waals surface area contributed by atoms with Crippen LogP contribution in [0.5, 0.6) is 0 Å². The maximum absolute atomic E-state index is 12.7. The third-order valence-electron chi connectivity index (χ3n) is 4.10. The van der Waals surface area contributed by atoms with Crippen LogP contribution in [0.25, 0.3) is 12.2 Å². The van der Waals surface area contributed by atoms with Crippen LogP contribution in [0.2, 0.25) is 0 Å². The SMILES string of the molecule is O=C1C(=Cc2ccc([N+](=O)[O-])cc2)CNCC1=Cc1ccc([N+](=O)[O-])cc1. The zero-order valence-electron chi connectivity index (χ0n) is 14.1. The first-order valence-corrected chi connectivity index (χ1v) is 8.09. The summed E-state index contributed by atoms with van der Waals surface area (Å²) in [7, 11) is 0. The summed E-state index contributed by atoms with van der Waals surface area (Å²) in [4.78, 5) is 33.2. The molecule has 1 N–H and O–H groups in total. The third kappa shape index (κ3) is 4.31. The van der Waals surface area contributed by atoms with E-state index in [4.69, 9.17) is 0 Å². The molecule has 0 bridgehead atoms. The van der Waals surface area contributed by atoms with E-state index in [2.05, 4.69) is 5.32 Å². The van der Waals surface area contributed by atoms with Gasteiger partial charge in [0, 0.05) is 48.5 Å². The molecule has 2 aromatic rings. The van der Waals surface area contributed by atoms with Gasteiger partial charge >= 0.3 is 0 Å². The molecule has 3 rings (SSSR count). The Labute approximate surface area is 154 Å². The maximum Gasteiger partial charge on any atom is 0.269 e. The van der Waals surface area contributed by atoms with E-state index in [9.17, 15) is 25.0 Å². The van der Waals surface area contributed by atoms with E-state index < -0.39 is 9.85 Å². The Bertz CT molecular complexity index is 882. The lowest BCUT2D eigenvalue weighted by Crippen LogP contribution is -2.32. The first kappa shape index (κ1) is 18.2. The quantitative estimate of drug-likeness (QED) is 0.505. The largest absolute Gasteiger partial charge is 0.308 e. The number of piperidine rings is 1. The Balaban J connectivity index is 1.82. The highest BCUT2D eigenvalue weighted by atomic mass is 16.6. The van der Waals surface area contributed by atoms with Gasteiger partial charge in [-0.2, -0.15) is 0 Å². The van der Waals surface area contributed by atoms with Crippen molar-refractivity contribution in [3.63, 3.8) is 0 Å². The Morgan fingerprint density at radius 1 is 0.741 bits per heavy atom. The van der Waals surface area contributed by atoms with Crippen molar-refractivity contribution in [3.8, 4) is 0 Å². The Morgan fingerprint density at radius 2 is 1.11 bits per heavy atom. The average molecular weight is 365 g/mol. The van der Waals surface area contributed by atoms with E-state index >= 15 is 0 Å². The molecule has 8 heteroatoms. The number of benzene rings is 2. The average Bonchev–Trinajstić information content (AvgIpc) is 2.66. The monoisotopic (exact) mass is 365 g/mol. The molecule has 0 aromatic heterocycles. The van der Waals surface area contributed by atoms with Crippen LogP contribution in [0, 0.1) is 20.2 Å². The summed E-state index contributed by atoms with van der Waals surface area (Å²) in [6, 6.07) is 11.9. The number of rotatable bonds is 4. The molecule has 0 saturated carbocycles. The van der Waals surface area contributed by atoms with Gasteiger partial charge < -0.3 is 5.32 Å². The van der Waals surface area contributed by atoms with Gasteiger partial charge in [-0.1, -0.05) is 0 Å². The Kier molecular flexibility index (Phi) is 5.18. The van der Waals surface area contributed by atoms with E-state index in [0.29, 0.717) is 35.4 Å². The van der Waals surface area contributed by atoms with Crippen molar-refractivity contribution in [2.45, 2.75) is 0 Å². The molecule has 8 nitrogen and oxygen atoms in total. The fraction of sp³-hybridized carbons (Fsp3) is 0.105. The third-order valence-corrected chi connectivity index (χ3v) is 4.10. The van der Waals surface area contributed by atoms with Gasteiger partial charge in [-0.3, -0.25) is 25.0 Å². The number of non-ortho nitro benzene ring substituents is 2. The second-order valence-electron chi connectivity index (χ2n) is 5.97. The lowest BCUT2D eigenvalue weighted by molar-refractivity contribution is -0.385. The molecule has 1 saturated heterocycles. The summed E-state index contributed by atoms with van der Waals surface area (Å²) in [5, 5.41) is 24.6. The molecule has 0 unspecified atom stereocenters. The number of ketones is 1. The molecule has 1 heterocycles. The first-order valence-electron chi connectivity index (χ1n) is 8.09. The van der Waals surface area contributed by atoms with Crippen molar-refractivity contribution < 1.29 is 14.6 Å². The minimum absolute atomic E-state index is 0.0102. The zero-order valence-corrected chi connectivity index (χ0v) is 14.1. The minimum atomic E-state index is -0.477. The maximum atomic E-state index is 12.7. The summed E-state index contributed by atoms with van der Waals surface area (Å²) in [5.74, 6) is -0.120. The number of nitrogens with zero attached hydrogens (tertiary/aromatic N) is 2. The van der Waals surface area contributed by atoms with Crippen LogP contribution in [-0.4, -0.2) is 28.7 Å². The van der Waals surface area contributed by atoms with Crippen LogP contribution in [0.4, 0.5) is 11.4 Å². The summed E-state index contributed by atoms with van der Waals surface area (Å²) >= 11 is 0. The Morgan fingerprint density at radius 3 is 1.44 bits per heavy atom. The number of hydrogen-bond acceptors (Lipinski definition) is 6. The number of Topliss-reactive ketones (excluding diaryl/α,β-unsaturated/α-hetero) is 1. The molecule has 27 heavy (non-hydrogen) atoms. The van der Waals surface area contributed by atoms with Crippen molar-refractivity contribution >= 4 is 29.3 Å². The number of carbonyl (C=O) groups is 1. The van der Waals surface area contributed by atoms with Crippen LogP contribution in [-0.2, 0) is 4.79 Å². The summed E-state index contributed by atoms with van der Waals surface area (Å²) in [5.41, 5.74) is 2.46. The smallest absolute Gasteiger partial charge is 0.269 e. The highest BCUT2D eigenvalue weighted by molar-refractivity contribution is 6.14. The van der Waals surface area contributed by atoms with Crippen molar-refractivity contribution in [1.29, 1.82) is 0 Å². The lowest BCUT2D eigenvalue weighted by Gasteiger charge is -2.18. The van der Waals surface area contributed by atoms with Crippen molar-refractivity contribution in [2.75, 3.05) is 13.1 Å². The zero-order chi connectivity index (χ0) is 19.4. The predicted octanol–water partition coefficient (Wildman–Crippen LogP) is 3.14. The van der Waals surface area contributed by atoms with Gasteiger partial charge in [-0.15, -0.1) is 0 Å². The first-order chi connectivity index (χ1) is 12.9. The molecular weight excluding hydrogens is 350 g/mol. The summed E-state index contributed by atoms with van der Waals surface area (Å²) in [6.45, 7) is 0.793. The summed E-state index contributed by atoms with van der Waals surface area (Å²) < 4.78 is 0.